The van der Waals surface area contributed by atoms with Crippen molar-refractivity contribution in [2.45, 2.75) is 5.33 Å². The van der Waals surface area contributed by atoms with Crippen molar-refractivity contribution in [2.24, 2.45) is 0 Å². The lowest BCUT2D eigenvalue weighted by Crippen LogP contribution is -2.10. The van der Waals surface area contributed by atoms with Crippen LogP contribution in [0.3, 0.4) is 0 Å². The number of nitro benzene ring substituents is 1. The summed E-state index contributed by atoms with van der Waals surface area (Å²) >= 11 is 3.26. The summed E-state index contributed by atoms with van der Waals surface area (Å²) < 4.78 is 15.4. The number of alkyl halides is 1. The second-order valence-electron chi connectivity index (χ2n) is 3.65. The molecule has 0 spiro atoms. The lowest BCUT2D eigenvalue weighted by atomic mass is 10.2. The Bertz CT molecular complexity index is 413. The van der Waals surface area contributed by atoms with Gasteiger partial charge in [0.05, 0.1) is 24.7 Å². The summed E-state index contributed by atoms with van der Waals surface area (Å²) in [6.07, 6.45) is 0. The number of methoxy groups -OCH3 is 1. The Morgan fingerprint density at radius 3 is 2.63 bits per heavy atom. The van der Waals surface area contributed by atoms with Gasteiger partial charge in [0.15, 0.2) is 5.75 Å². The summed E-state index contributed by atoms with van der Waals surface area (Å²) in [5.41, 5.74) is 0.796. The van der Waals surface area contributed by atoms with Gasteiger partial charge in [-0.25, -0.2) is 0 Å². The molecule has 0 heterocycles. The molecule has 0 aliphatic carbocycles. The van der Waals surface area contributed by atoms with E-state index in [1.54, 1.807) is 19.2 Å². The maximum atomic E-state index is 10.9. The molecule has 0 fully saturated rings. The predicted molar refractivity (Wildman–Crippen MR) is 73.9 cm³/mol. The first-order valence-corrected chi connectivity index (χ1v) is 6.84. The summed E-state index contributed by atoms with van der Waals surface area (Å²) in [6, 6.07) is 4.88. The van der Waals surface area contributed by atoms with Crippen LogP contribution in [0.15, 0.2) is 18.2 Å². The molecule has 1 rings (SSSR count). The zero-order chi connectivity index (χ0) is 14.1. The van der Waals surface area contributed by atoms with Crippen molar-refractivity contribution in [3.63, 3.8) is 0 Å². The van der Waals surface area contributed by atoms with Crippen molar-refractivity contribution >= 4 is 21.6 Å². The fourth-order valence-corrected chi connectivity index (χ4v) is 1.71. The van der Waals surface area contributed by atoms with Gasteiger partial charge in [0.25, 0.3) is 0 Å². The molecule has 1 aromatic rings. The van der Waals surface area contributed by atoms with Crippen molar-refractivity contribution in [3.05, 3.63) is 33.9 Å². The smallest absolute Gasteiger partial charge is 0.311 e. The minimum atomic E-state index is -0.451. The van der Waals surface area contributed by atoms with Crippen LogP contribution in [-0.2, 0) is 14.8 Å². The molecule has 0 saturated heterocycles. The maximum absolute atomic E-state index is 10.9. The van der Waals surface area contributed by atoms with Crippen LogP contribution in [0.25, 0.3) is 0 Å². The molecule has 6 nitrogen and oxygen atoms in total. The van der Waals surface area contributed by atoms with Gasteiger partial charge in [-0.3, -0.25) is 10.1 Å². The summed E-state index contributed by atoms with van der Waals surface area (Å²) in [6.45, 7) is 1.61. The number of hydrogen-bond acceptors (Lipinski definition) is 5. The minimum absolute atomic E-state index is 0.0335. The van der Waals surface area contributed by atoms with Crippen molar-refractivity contribution in [1.29, 1.82) is 0 Å². The Morgan fingerprint density at radius 2 is 2.00 bits per heavy atom. The van der Waals surface area contributed by atoms with Crippen LogP contribution >= 0.6 is 15.9 Å². The second kappa shape index (κ2) is 8.84. The highest BCUT2D eigenvalue weighted by molar-refractivity contribution is 9.08. The summed E-state index contributed by atoms with van der Waals surface area (Å²) in [5.74, 6) is 0.255. The first kappa shape index (κ1) is 15.9. The number of nitrogens with zero attached hydrogens (tertiary/aromatic N) is 1. The fourth-order valence-electron chi connectivity index (χ4n) is 1.37. The molecule has 0 unspecified atom stereocenters. The lowest BCUT2D eigenvalue weighted by Gasteiger charge is -2.08. The van der Waals surface area contributed by atoms with E-state index in [4.69, 9.17) is 14.2 Å². The number of ether oxygens (including phenoxy) is 3. The third-order valence-electron chi connectivity index (χ3n) is 2.29. The largest absolute Gasteiger partial charge is 0.484 e. The Morgan fingerprint density at radius 1 is 1.26 bits per heavy atom. The van der Waals surface area contributed by atoms with Crippen LogP contribution in [0.4, 0.5) is 5.69 Å². The third kappa shape index (κ3) is 5.54. The molecule has 0 atom stereocenters. The normalized spacial score (nSPS) is 10.4. The molecule has 0 N–H and O–H groups in total. The highest BCUT2D eigenvalue weighted by atomic mass is 79.9. The number of rotatable bonds is 9. The average Bonchev–Trinajstić information content (AvgIpc) is 2.42. The number of nitro groups is 1. The molecule has 7 heteroatoms. The molecule has 0 amide bonds. The maximum Gasteiger partial charge on any atom is 0.311 e. The SMILES string of the molecule is COCCOCCOc1ccc(CBr)cc1[N+](=O)[O-]. The van der Waals surface area contributed by atoms with E-state index >= 15 is 0 Å². The first-order valence-electron chi connectivity index (χ1n) is 5.71. The zero-order valence-corrected chi connectivity index (χ0v) is 12.2. The van der Waals surface area contributed by atoms with E-state index in [2.05, 4.69) is 15.9 Å². The molecule has 0 saturated carbocycles. The van der Waals surface area contributed by atoms with Crippen LogP contribution in [0.2, 0.25) is 0 Å². The van der Waals surface area contributed by atoms with Gasteiger partial charge in [0, 0.05) is 18.5 Å². The average molecular weight is 334 g/mol. The molecule has 0 aliphatic heterocycles. The first-order chi connectivity index (χ1) is 9.19. The van der Waals surface area contributed by atoms with E-state index in [1.807, 2.05) is 0 Å². The van der Waals surface area contributed by atoms with Crippen molar-refractivity contribution in [2.75, 3.05) is 33.5 Å². The monoisotopic (exact) mass is 333 g/mol. The van der Waals surface area contributed by atoms with Gasteiger partial charge in [0.1, 0.15) is 6.61 Å². The molecule has 0 aliphatic rings. The number of halogens is 1. The van der Waals surface area contributed by atoms with Gasteiger partial charge in [-0.2, -0.15) is 0 Å². The second-order valence-corrected chi connectivity index (χ2v) is 4.21. The van der Waals surface area contributed by atoms with Crippen LogP contribution in [0.1, 0.15) is 5.56 Å². The zero-order valence-electron chi connectivity index (χ0n) is 10.6. The molecular weight excluding hydrogens is 318 g/mol. The Kier molecular flexibility index (Phi) is 7.39. The van der Waals surface area contributed by atoms with E-state index in [0.717, 1.165) is 5.56 Å². The Labute approximate surface area is 119 Å². The molecule has 0 bridgehead atoms. The Balaban J connectivity index is 2.50. The van der Waals surface area contributed by atoms with E-state index in [-0.39, 0.29) is 18.0 Å². The molecule has 19 heavy (non-hydrogen) atoms. The van der Waals surface area contributed by atoms with E-state index in [9.17, 15) is 10.1 Å². The number of hydrogen-bond donors (Lipinski definition) is 0. The van der Waals surface area contributed by atoms with E-state index < -0.39 is 4.92 Å². The van der Waals surface area contributed by atoms with Gasteiger partial charge >= 0.3 is 5.69 Å². The molecule has 0 aromatic heterocycles. The summed E-state index contributed by atoms with van der Waals surface area (Å²) in [4.78, 5) is 10.5. The molecular formula is C12H16BrNO5. The Hall–Kier alpha value is -1.18. The highest BCUT2D eigenvalue weighted by Crippen LogP contribution is 2.28. The number of benzene rings is 1. The van der Waals surface area contributed by atoms with Crippen LogP contribution in [0, 0.1) is 10.1 Å². The minimum Gasteiger partial charge on any atom is -0.484 e. The van der Waals surface area contributed by atoms with Gasteiger partial charge in [-0.05, 0) is 11.6 Å². The fraction of sp³-hybridized carbons (Fsp3) is 0.500. The molecule has 1 aromatic carbocycles. The van der Waals surface area contributed by atoms with E-state index in [1.165, 1.54) is 6.07 Å². The quantitative estimate of drug-likeness (QED) is 0.300. The topological polar surface area (TPSA) is 70.8 Å². The van der Waals surface area contributed by atoms with Crippen molar-refractivity contribution < 1.29 is 19.1 Å². The van der Waals surface area contributed by atoms with Crippen LogP contribution in [0.5, 0.6) is 5.75 Å². The lowest BCUT2D eigenvalue weighted by molar-refractivity contribution is -0.385. The van der Waals surface area contributed by atoms with Crippen LogP contribution in [-0.4, -0.2) is 38.5 Å². The van der Waals surface area contributed by atoms with Gasteiger partial charge < -0.3 is 14.2 Å². The highest BCUT2D eigenvalue weighted by Gasteiger charge is 2.15. The van der Waals surface area contributed by atoms with E-state index in [0.29, 0.717) is 25.2 Å². The summed E-state index contributed by atoms with van der Waals surface area (Å²) in [7, 11) is 1.59. The summed E-state index contributed by atoms with van der Waals surface area (Å²) in [5, 5.41) is 11.5. The molecule has 106 valence electrons. The van der Waals surface area contributed by atoms with Gasteiger partial charge in [0.2, 0.25) is 0 Å². The molecule has 0 radical (unpaired) electrons. The third-order valence-corrected chi connectivity index (χ3v) is 2.94. The van der Waals surface area contributed by atoms with Gasteiger partial charge in [-0.15, -0.1) is 0 Å². The van der Waals surface area contributed by atoms with Crippen molar-refractivity contribution in [3.8, 4) is 5.75 Å². The van der Waals surface area contributed by atoms with Gasteiger partial charge in [-0.1, -0.05) is 22.0 Å². The van der Waals surface area contributed by atoms with Crippen molar-refractivity contribution in [1.82, 2.24) is 0 Å². The standard InChI is InChI=1S/C12H16BrNO5/c1-17-4-5-18-6-7-19-12-3-2-10(9-13)8-11(12)14(15)16/h2-3,8H,4-7,9H2,1H3. The predicted octanol–water partition coefficient (Wildman–Crippen LogP) is 2.53. The van der Waals surface area contributed by atoms with Crippen LogP contribution < -0.4 is 4.74 Å².